The van der Waals surface area contributed by atoms with E-state index in [4.69, 9.17) is 11.0 Å². The number of amides is 1. The highest BCUT2D eigenvalue weighted by atomic mass is 19.4. The number of halogens is 3. The Bertz CT molecular complexity index is 1220. The summed E-state index contributed by atoms with van der Waals surface area (Å²) in [6, 6.07) is 10.6. The van der Waals surface area contributed by atoms with E-state index in [-0.39, 0.29) is 22.9 Å². The lowest BCUT2D eigenvalue weighted by molar-refractivity contribution is -0.141. The molecule has 0 bridgehead atoms. The van der Waals surface area contributed by atoms with Gasteiger partial charge in [0.15, 0.2) is 5.82 Å². The largest absolute Gasteiger partial charge is 0.433 e. The van der Waals surface area contributed by atoms with Crippen LogP contribution in [0.4, 0.5) is 13.2 Å². The zero-order valence-corrected chi connectivity index (χ0v) is 16.0. The number of pyridine rings is 1. The molecular formula is C21H15F3N6O. The number of alkyl halides is 3. The molecule has 1 saturated carbocycles. The Kier molecular flexibility index (Phi) is 5.02. The summed E-state index contributed by atoms with van der Waals surface area (Å²) in [5, 5.41) is 13.1. The van der Waals surface area contributed by atoms with Crippen LogP contribution < -0.4 is 5.73 Å². The number of carbonyl (C=O) groups is 1. The number of hydrogen-bond donors (Lipinski definition) is 1. The summed E-state index contributed by atoms with van der Waals surface area (Å²) >= 11 is 0. The Balaban J connectivity index is 1.71. The van der Waals surface area contributed by atoms with Gasteiger partial charge in [0.2, 0.25) is 0 Å². The van der Waals surface area contributed by atoms with Crippen LogP contribution in [0.15, 0.2) is 42.7 Å². The normalized spacial score (nSPS) is 14.3. The molecule has 7 nitrogen and oxygen atoms in total. The molecular weight excluding hydrogens is 409 g/mol. The van der Waals surface area contributed by atoms with E-state index in [0.717, 1.165) is 18.9 Å². The average molecular weight is 424 g/mol. The van der Waals surface area contributed by atoms with E-state index in [1.807, 2.05) is 6.07 Å². The van der Waals surface area contributed by atoms with Crippen LogP contribution in [-0.2, 0) is 11.0 Å². The van der Waals surface area contributed by atoms with Crippen LogP contribution in [0.25, 0.3) is 23.2 Å². The summed E-state index contributed by atoms with van der Waals surface area (Å²) in [5.41, 5.74) is 6.01. The van der Waals surface area contributed by atoms with Crippen molar-refractivity contribution in [2.75, 3.05) is 0 Å². The topological polar surface area (TPSA) is 110 Å². The van der Waals surface area contributed by atoms with Crippen molar-refractivity contribution in [2.24, 2.45) is 5.73 Å². The maximum absolute atomic E-state index is 13.3. The number of nitriles is 1. The standard InChI is InChI=1S/C21H15F3N6O/c22-21(23,24)18-8-15(7-17(28-18)14-5-6-14)20-27-11-30(29-20)10-16(19(26)31)13-3-1-12(9-25)2-4-13/h1-4,7-8,10-11,14H,5-6H2,(H2,26,31)/b16-10+. The van der Waals surface area contributed by atoms with Crippen molar-refractivity contribution < 1.29 is 18.0 Å². The van der Waals surface area contributed by atoms with Crippen LogP contribution in [0.2, 0.25) is 0 Å². The molecule has 156 valence electrons. The second-order valence-corrected chi connectivity index (χ2v) is 7.08. The van der Waals surface area contributed by atoms with E-state index in [1.165, 1.54) is 29.3 Å². The van der Waals surface area contributed by atoms with Crippen LogP contribution in [-0.4, -0.2) is 25.7 Å². The average Bonchev–Trinajstić information content (AvgIpc) is 3.49. The van der Waals surface area contributed by atoms with E-state index in [1.54, 1.807) is 18.2 Å². The molecule has 0 radical (unpaired) electrons. The van der Waals surface area contributed by atoms with Crippen LogP contribution in [0.1, 0.15) is 41.3 Å². The molecule has 2 heterocycles. The maximum atomic E-state index is 13.3. The predicted molar refractivity (Wildman–Crippen MR) is 105 cm³/mol. The highest BCUT2D eigenvalue weighted by Gasteiger charge is 2.35. The van der Waals surface area contributed by atoms with E-state index in [9.17, 15) is 18.0 Å². The first-order valence-corrected chi connectivity index (χ1v) is 9.27. The van der Waals surface area contributed by atoms with Gasteiger partial charge in [-0.05, 0) is 42.7 Å². The van der Waals surface area contributed by atoms with Crippen molar-refractivity contribution in [3.63, 3.8) is 0 Å². The summed E-state index contributed by atoms with van der Waals surface area (Å²) in [6.07, 6.45) is -0.396. The molecule has 0 unspecified atom stereocenters. The quantitative estimate of drug-likeness (QED) is 0.630. The van der Waals surface area contributed by atoms with E-state index < -0.39 is 17.8 Å². The molecule has 3 aromatic rings. The Labute approximate surface area is 174 Å². The molecule has 31 heavy (non-hydrogen) atoms. The highest BCUT2D eigenvalue weighted by molar-refractivity contribution is 6.22. The summed E-state index contributed by atoms with van der Waals surface area (Å²) < 4.78 is 41.0. The third-order valence-corrected chi connectivity index (χ3v) is 4.75. The number of benzene rings is 1. The van der Waals surface area contributed by atoms with E-state index >= 15 is 0 Å². The number of primary amides is 1. The monoisotopic (exact) mass is 424 g/mol. The summed E-state index contributed by atoms with van der Waals surface area (Å²) in [4.78, 5) is 19.7. The van der Waals surface area contributed by atoms with Gasteiger partial charge in [-0.25, -0.2) is 14.6 Å². The molecule has 4 rings (SSSR count). The van der Waals surface area contributed by atoms with Crippen LogP contribution in [0.5, 0.6) is 0 Å². The van der Waals surface area contributed by atoms with Crippen molar-refractivity contribution >= 4 is 17.7 Å². The maximum Gasteiger partial charge on any atom is 0.433 e. The second-order valence-electron chi connectivity index (χ2n) is 7.08. The Morgan fingerprint density at radius 1 is 1.23 bits per heavy atom. The number of hydrogen-bond acceptors (Lipinski definition) is 5. The van der Waals surface area contributed by atoms with Gasteiger partial charge < -0.3 is 5.73 Å². The molecule has 1 aliphatic rings. The number of rotatable bonds is 5. The van der Waals surface area contributed by atoms with Gasteiger partial charge in [0.1, 0.15) is 12.0 Å². The van der Waals surface area contributed by atoms with E-state index in [0.29, 0.717) is 16.8 Å². The molecule has 1 aliphatic carbocycles. The van der Waals surface area contributed by atoms with Crippen molar-refractivity contribution in [3.05, 3.63) is 65.2 Å². The fraction of sp³-hybridized carbons (Fsp3) is 0.190. The fourth-order valence-corrected chi connectivity index (χ4v) is 3.02. The fourth-order valence-electron chi connectivity index (χ4n) is 3.02. The minimum absolute atomic E-state index is 0.0147. The van der Waals surface area contributed by atoms with Crippen molar-refractivity contribution in [1.29, 1.82) is 5.26 Å². The summed E-state index contributed by atoms with van der Waals surface area (Å²) in [5.74, 6) is -0.656. The minimum atomic E-state index is -4.59. The molecule has 0 saturated heterocycles. The van der Waals surface area contributed by atoms with Gasteiger partial charge in [0.05, 0.1) is 17.2 Å². The first kappa shape index (κ1) is 20.3. The van der Waals surface area contributed by atoms with Gasteiger partial charge in [0.25, 0.3) is 5.91 Å². The minimum Gasteiger partial charge on any atom is -0.366 e. The number of nitrogens with zero attached hydrogens (tertiary/aromatic N) is 5. The predicted octanol–water partition coefficient (Wildman–Crippen LogP) is 3.59. The van der Waals surface area contributed by atoms with Gasteiger partial charge in [-0.1, -0.05) is 12.1 Å². The molecule has 0 spiro atoms. The van der Waals surface area contributed by atoms with Crippen LogP contribution in [0, 0.1) is 11.3 Å². The molecule has 1 fully saturated rings. The SMILES string of the molecule is N#Cc1ccc(/C(=C\n2cnc(-c3cc(C4CC4)nc(C(F)(F)F)c3)n2)C(N)=O)cc1. The van der Waals surface area contributed by atoms with Crippen LogP contribution in [0.3, 0.4) is 0 Å². The Hall–Kier alpha value is -4.00. The first-order valence-electron chi connectivity index (χ1n) is 9.27. The zero-order chi connectivity index (χ0) is 22.2. The number of aromatic nitrogens is 4. The molecule has 0 aliphatic heterocycles. The van der Waals surface area contributed by atoms with E-state index in [2.05, 4.69) is 15.1 Å². The lowest BCUT2D eigenvalue weighted by Gasteiger charge is -2.09. The van der Waals surface area contributed by atoms with Crippen molar-refractivity contribution in [3.8, 4) is 17.5 Å². The third-order valence-electron chi connectivity index (χ3n) is 4.75. The number of carbonyl (C=O) groups excluding carboxylic acids is 1. The van der Waals surface area contributed by atoms with Gasteiger partial charge in [0, 0.05) is 23.4 Å². The molecule has 0 atom stereocenters. The zero-order valence-electron chi connectivity index (χ0n) is 16.0. The van der Waals surface area contributed by atoms with Gasteiger partial charge >= 0.3 is 6.18 Å². The molecule has 1 aromatic carbocycles. The molecule has 1 amide bonds. The lowest BCUT2D eigenvalue weighted by Crippen LogP contribution is -2.13. The van der Waals surface area contributed by atoms with Gasteiger partial charge in [-0.15, -0.1) is 5.10 Å². The Morgan fingerprint density at radius 2 is 1.94 bits per heavy atom. The third kappa shape index (κ3) is 4.45. The van der Waals surface area contributed by atoms with Gasteiger partial charge in [-0.3, -0.25) is 4.79 Å². The molecule has 10 heteroatoms. The highest BCUT2D eigenvalue weighted by Crippen LogP contribution is 2.41. The lowest BCUT2D eigenvalue weighted by atomic mass is 10.0. The van der Waals surface area contributed by atoms with Crippen molar-refractivity contribution in [2.45, 2.75) is 24.9 Å². The van der Waals surface area contributed by atoms with Gasteiger partial charge in [-0.2, -0.15) is 18.4 Å². The van der Waals surface area contributed by atoms with Crippen molar-refractivity contribution in [1.82, 2.24) is 19.7 Å². The molecule has 2 N–H and O–H groups in total. The summed E-state index contributed by atoms with van der Waals surface area (Å²) in [6.45, 7) is 0. The second kappa shape index (κ2) is 7.68. The van der Waals surface area contributed by atoms with Crippen LogP contribution >= 0.6 is 0 Å². The Morgan fingerprint density at radius 3 is 2.52 bits per heavy atom. The molecule has 2 aromatic heterocycles. The number of nitrogens with two attached hydrogens (primary N) is 1. The first-order chi connectivity index (χ1) is 14.7. The smallest absolute Gasteiger partial charge is 0.366 e. The summed E-state index contributed by atoms with van der Waals surface area (Å²) in [7, 11) is 0.